The largest absolute Gasteiger partial charge is 0.497 e. The fourth-order valence-corrected chi connectivity index (χ4v) is 5.01. The van der Waals surface area contributed by atoms with Crippen molar-refractivity contribution >= 4 is 33.2 Å². The second kappa shape index (κ2) is 10.7. The van der Waals surface area contributed by atoms with Gasteiger partial charge >= 0.3 is 0 Å². The first-order chi connectivity index (χ1) is 15.8. The van der Waals surface area contributed by atoms with Crippen molar-refractivity contribution < 1.29 is 17.9 Å². The smallest absolute Gasteiger partial charge is 0.264 e. The lowest BCUT2D eigenvalue weighted by molar-refractivity contribution is -0.120. The molecular weight excluding hydrogens is 460 g/mol. The van der Waals surface area contributed by atoms with E-state index < -0.39 is 15.9 Å². The normalized spacial score (nSPS) is 12.1. The van der Waals surface area contributed by atoms with Crippen molar-refractivity contribution in [2.24, 2.45) is 0 Å². The van der Waals surface area contributed by atoms with Crippen molar-refractivity contribution in [3.05, 3.63) is 88.9 Å². The molecule has 0 bridgehead atoms. The maximum Gasteiger partial charge on any atom is 0.264 e. The van der Waals surface area contributed by atoms with Crippen LogP contribution in [0.25, 0.3) is 0 Å². The van der Waals surface area contributed by atoms with E-state index in [2.05, 4.69) is 5.32 Å². The summed E-state index contributed by atoms with van der Waals surface area (Å²) < 4.78 is 33.2. The number of aryl methyl sites for hydroxylation is 1. The first-order valence-electron chi connectivity index (χ1n) is 10.5. The van der Waals surface area contributed by atoms with Crippen LogP contribution in [0.2, 0.25) is 5.02 Å². The van der Waals surface area contributed by atoms with E-state index in [1.807, 2.05) is 38.1 Å². The molecule has 0 radical (unpaired) electrons. The Morgan fingerprint density at radius 1 is 1.06 bits per heavy atom. The van der Waals surface area contributed by atoms with Crippen molar-refractivity contribution in [3.63, 3.8) is 0 Å². The molecule has 0 saturated carbocycles. The van der Waals surface area contributed by atoms with E-state index in [4.69, 9.17) is 16.3 Å². The van der Waals surface area contributed by atoms with Crippen LogP contribution in [0.3, 0.4) is 0 Å². The SMILES string of the molecule is CC[C@H](NC(=O)CN(c1ccc(C)c(Cl)c1)S(=O)(=O)c1ccccc1)c1ccc(OC)cc1. The highest BCUT2D eigenvalue weighted by atomic mass is 35.5. The van der Waals surface area contributed by atoms with Gasteiger partial charge in [-0.25, -0.2) is 8.42 Å². The van der Waals surface area contributed by atoms with Crippen LogP contribution in [0.15, 0.2) is 77.7 Å². The van der Waals surface area contributed by atoms with Crippen molar-refractivity contribution in [1.29, 1.82) is 0 Å². The third-order valence-electron chi connectivity index (χ3n) is 5.32. The van der Waals surface area contributed by atoms with E-state index in [0.717, 1.165) is 21.2 Å². The average molecular weight is 487 g/mol. The molecule has 0 heterocycles. The summed E-state index contributed by atoms with van der Waals surface area (Å²) >= 11 is 6.27. The van der Waals surface area contributed by atoms with Crippen LogP contribution < -0.4 is 14.4 Å². The highest BCUT2D eigenvalue weighted by Gasteiger charge is 2.28. The zero-order valence-corrected chi connectivity index (χ0v) is 20.4. The van der Waals surface area contributed by atoms with Crippen LogP contribution in [-0.4, -0.2) is 28.0 Å². The van der Waals surface area contributed by atoms with E-state index in [1.54, 1.807) is 43.5 Å². The molecule has 33 heavy (non-hydrogen) atoms. The molecule has 3 aromatic carbocycles. The molecule has 1 N–H and O–H groups in total. The number of benzene rings is 3. The Labute approximate surface area is 200 Å². The second-order valence-corrected chi connectivity index (χ2v) is 9.83. The number of carbonyl (C=O) groups is 1. The standard InChI is InChI=1S/C25H27ClN2O4S/c1-4-24(19-11-14-21(32-3)15-12-19)27-25(29)17-28(20-13-10-18(2)23(26)16-20)33(30,31)22-8-6-5-7-9-22/h5-16,24H,4,17H2,1-3H3,(H,27,29)/t24-/m0/s1. The fourth-order valence-electron chi connectivity index (χ4n) is 3.40. The van der Waals surface area contributed by atoms with Gasteiger partial charge in [0.05, 0.1) is 23.7 Å². The van der Waals surface area contributed by atoms with Crippen LogP contribution in [0.1, 0.15) is 30.5 Å². The van der Waals surface area contributed by atoms with Crippen LogP contribution in [0, 0.1) is 6.92 Å². The third-order valence-corrected chi connectivity index (χ3v) is 7.52. The number of hydrogen-bond donors (Lipinski definition) is 1. The Kier molecular flexibility index (Phi) is 8.00. The van der Waals surface area contributed by atoms with Gasteiger partial charge in [0, 0.05) is 5.02 Å². The van der Waals surface area contributed by atoms with Crippen molar-refractivity contribution in [2.75, 3.05) is 18.0 Å². The molecule has 0 aliphatic carbocycles. The number of anilines is 1. The summed E-state index contributed by atoms with van der Waals surface area (Å²) in [5, 5.41) is 3.37. The maximum absolute atomic E-state index is 13.4. The van der Waals surface area contributed by atoms with Gasteiger partial charge in [-0.1, -0.05) is 54.9 Å². The summed E-state index contributed by atoms with van der Waals surface area (Å²) in [5.74, 6) is 0.296. The molecule has 0 aliphatic rings. The third kappa shape index (κ3) is 5.86. The molecular formula is C25H27ClN2O4S. The molecule has 3 aromatic rings. The molecule has 0 saturated heterocycles. The molecule has 0 fully saturated rings. The van der Waals surface area contributed by atoms with Crippen LogP contribution >= 0.6 is 11.6 Å². The molecule has 0 unspecified atom stereocenters. The van der Waals surface area contributed by atoms with Crippen molar-refractivity contribution in [2.45, 2.75) is 31.2 Å². The fraction of sp³-hybridized carbons (Fsp3) is 0.240. The average Bonchev–Trinajstić information content (AvgIpc) is 2.83. The minimum atomic E-state index is -4.00. The molecule has 1 amide bonds. The van der Waals surface area contributed by atoms with E-state index in [1.165, 1.54) is 12.1 Å². The lowest BCUT2D eigenvalue weighted by atomic mass is 10.0. The van der Waals surface area contributed by atoms with Gasteiger partial charge in [0.1, 0.15) is 12.3 Å². The molecule has 0 aliphatic heterocycles. The zero-order chi connectivity index (χ0) is 24.0. The number of hydrogen-bond acceptors (Lipinski definition) is 4. The Balaban J connectivity index is 1.90. The molecule has 0 spiro atoms. The number of amides is 1. The number of rotatable bonds is 9. The summed E-state index contributed by atoms with van der Waals surface area (Å²) in [6.45, 7) is 3.40. The Bertz CT molecular complexity index is 1200. The monoisotopic (exact) mass is 486 g/mol. The predicted octanol–water partition coefficient (Wildman–Crippen LogP) is 5.12. The Morgan fingerprint density at radius 2 is 1.73 bits per heavy atom. The van der Waals surface area contributed by atoms with Gasteiger partial charge in [0.25, 0.3) is 10.0 Å². The van der Waals surface area contributed by atoms with Gasteiger partial charge in [-0.15, -0.1) is 0 Å². The van der Waals surface area contributed by atoms with E-state index in [9.17, 15) is 13.2 Å². The lowest BCUT2D eigenvalue weighted by Crippen LogP contribution is -2.42. The number of ether oxygens (including phenoxy) is 1. The molecule has 6 nitrogen and oxygen atoms in total. The Hall–Kier alpha value is -3.03. The summed E-state index contributed by atoms with van der Waals surface area (Å²) in [7, 11) is -2.41. The summed E-state index contributed by atoms with van der Waals surface area (Å²) in [4.78, 5) is 13.1. The summed E-state index contributed by atoms with van der Waals surface area (Å²) in [5.41, 5.74) is 2.04. The van der Waals surface area contributed by atoms with Gasteiger partial charge in [0.2, 0.25) is 5.91 Å². The van der Waals surface area contributed by atoms with Gasteiger partial charge in [-0.3, -0.25) is 9.10 Å². The molecule has 0 aromatic heterocycles. The van der Waals surface area contributed by atoms with E-state index in [-0.39, 0.29) is 17.5 Å². The molecule has 8 heteroatoms. The first kappa shape index (κ1) is 24.6. The number of halogens is 1. The zero-order valence-electron chi connectivity index (χ0n) is 18.8. The highest BCUT2D eigenvalue weighted by molar-refractivity contribution is 7.92. The van der Waals surface area contributed by atoms with Crippen molar-refractivity contribution in [1.82, 2.24) is 5.32 Å². The quantitative estimate of drug-likeness (QED) is 0.455. The highest BCUT2D eigenvalue weighted by Crippen LogP contribution is 2.28. The Morgan fingerprint density at radius 3 is 2.30 bits per heavy atom. The minimum absolute atomic E-state index is 0.0942. The van der Waals surface area contributed by atoms with Crippen molar-refractivity contribution in [3.8, 4) is 5.75 Å². The maximum atomic E-state index is 13.4. The van der Waals surface area contributed by atoms with Gasteiger partial charge in [0.15, 0.2) is 0 Å². The molecule has 174 valence electrons. The number of carbonyl (C=O) groups excluding carboxylic acids is 1. The van der Waals surface area contributed by atoms with E-state index in [0.29, 0.717) is 17.1 Å². The number of sulfonamides is 1. The van der Waals surface area contributed by atoms with Crippen LogP contribution in [-0.2, 0) is 14.8 Å². The predicted molar refractivity (Wildman–Crippen MR) is 131 cm³/mol. The first-order valence-corrected chi connectivity index (χ1v) is 12.3. The van der Waals surface area contributed by atoms with Gasteiger partial charge < -0.3 is 10.1 Å². The topological polar surface area (TPSA) is 75.7 Å². The summed E-state index contributed by atoms with van der Waals surface area (Å²) in [6.07, 6.45) is 0.639. The van der Waals surface area contributed by atoms with Crippen LogP contribution in [0.5, 0.6) is 5.75 Å². The lowest BCUT2D eigenvalue weighted by Gasteiger charge is -2.26. The second-order valence-electron chi connectivity index (χ2n) is 7.56. The van der Waals surface area contributed by atoms with Gasteiger partial charge in [-0.05, 0) is 60.9 Å². The van der Waals surface area contributed by atoms with Crippen LogP contribution in [0.4, 0.5) is 5.69 Å². The van der Waals surface area contributed by atoms with Gasteiger partial charge in [-0.2, -0.15) is 0 Å². The minimum Gasteiger partial charge on any atom is -0.497 e. The summed E-state index contributed by atoms with van der Waals surface area (Å²) in [6, 6.07) is 20.1. The van der Waals surface area contributed by atoms with E-state index >= 15 is 0 Å². The number of nitrogens with zero attached hydrogens (tertiary/aromatic N) is 1. The number of nitrogens with one attached hydrogen (secondary N) is 1. The molecule has 1 atom stereocenters. The number of methoxy groups -OCH3 is 1. The molecule has 3 rings (SSSR count).